The van der Waals surface area contributed by atoms with Gasteiger partial charge in [0.05, 0.1) is 0 Å². The lowest BCUT2D eigenvalue weighted by atomic mass is 10.1. The molecule has 1 aromatic carbocycles. The molecule has 0 aliphatic carbocycles. The Morgan fingerprint density at radius 1 is 0.842 bits per heavy atom. The number of benzene rings is 1. The minimum absolute atomic E-state index is 1.05. The predicted octanol–water partition coefficient (Wildman–Crippen LogP) is 4.28. The van der Waals surface area contributed by atoms with Gasteiger partial charge in [-0.3, -0.25) is 0 Å². The quantitative estimate of drug-likeness (QED) is 0.615. The molecule has 1 rings (SSSR count). The highest BCUT2D eigenvalue weighted by molar-refractivity contribution is 5.47. The summed E-state index contributed by atoms with van der Waals surface area (Å²) in [4.78, 5) is 0. The fourth-order valence-corrected chi connectivity index (χ4v) is 2.10. The standard InChI is InChI=1S/C17H30N2/c1-4-5-6-7-11-18-12-8-13-19-17-10-9-15(2)16(3)14-17/h9-10,14,18-19H,4-8,11-13H2,1-3H3. The average Bonchev–Trinajstić information content (AvgIpc) is 2.41. The van der Waals surface area contributed by atoms with E-state index in [4.69, 9.17) is 0 Å². The van der Waals surface area contributed by atoms with Crippen molar-refractivity contribution in [1.82, 2.24) is 5.32 Å². The van der Waals surface area contributed by atoms with Crippen molar-refractivity contribution in [3.05, 3.63) is 29.3 Å². The van der Waals surface area contributed by atoms with Gasteiger partial charge in [0.1, 0.15) is 0 Å². The number of anilines is 1. The Kier molecular flexibility index (Phi) is 8.31. The van der Waals surface area contributed by atoms with E-state index in [1.165, 1.54) is 55.5 Å². The lowest BCUT2D eigenvalue weighted by molar-refractivity contribution is 0.591. The molecule has 0 amide bonds. The fraction of sp³-hybridized carbons (Fsp3) is 0.647. The number of hydrogen-bond acceptors (Lipinski definition) is 2. The van der Waals surface area contributed by atoms with Gasteiger partial charge in [0.25, 0.3) is 0 Å². The summed E-state index contributed by atoms with van der Waals surface area (Å²) in [6.45, 7) is 9.91. The van der Waals surface area contributed by atoms with Crippen LogP contribution in [0.15, 0.2) is 18.2 Å². The van der Waals surface area contributed by atoms with Gasteiger partial charge in [-0.1, -0.05) is 32.3 Å². The van der Waals surface area contributed by atoms with Crippen molar-refractivity contribution in [3.8, 4) is 0 Å². The van der Waals surface area contributed by atoms with Gasteiger partial charge in [-0.2, -0.15) is 0 Å². The van der Waals surface area contributed by atoms with Crippen molar-refractivity contribution in [2.24, 2.45) is 0 Å². The van der Waals surface area contributed by atoms with Crippen LogP contribution in [0.4, 0.5) is 5.69 Å². The first-order valence-corrected chi connectivity index (χ1v) is 7.76. The van der Waals surface area contributed by atoms with Crippen LogP contribution in [-0.2, 0) is 0 Å². The molecule has 108 valence electrons. The van der Waals surface area contributed by atoms with E-state index in [1.54, 1.807) is 0 Å². The normalized spacial score (nSPS) is 10.7. The van der Waals surface area contributed by atoms with E-state index >= 15 is 0 Å². The van der Waals surface area contributed by atoms with Crippen LogP contribution in [0.5, 0.6) is 0 Å². The maximum absolute atomic E-state index is 3.51. The third-order valence-electron chi connectivity index (χ3n) is 3.57. The molecule has 2 nitrogen and oxygen atoms in total. The summed E-state index contributed by atoms with van der Waals surface area (Å²) in [6.07, 6.45) is 6.55. The van der Waals surface area contributed by atoms with Gasteiger partial charge >= 0.3 is 0 Å². The molecule has 0 atom stereocenters. The van der Waals surface area contributed by atoms with Crippen LogP contribution in [0.25, 0.3) is 0 Å². The molecule has 2 heteroatoms. The molecule has 2 N–H and O–H groups in total. The van der Waals surface area contributed by atoms with E-state index in [0.29, 0.717) is 0 Å². The summed E-state index contributed by atoms with van der Waals surface area (Å²) in [5.41, 5.74) is 3.96. The number of hydrogen-bond donors (Lipinski definition) is 2. The zero-order valence-corrected chi connectivity index (χ0v) is 12.9. The summed E-state index contributed by atoms with van der Waals surface area (Å²) in [6, 6.07) is 6.58. The molecule has 1 aromatic rings. The maximum atomic E-state index is 3.51. The highest BCUT2D eigenvalue weighted by Gasteiger charge is 1.95. The molecule has 0 aromatic heterocycles. The lowest BCUT2D eigenvalue weighted by Crippen LogP contribution is -2.19. The smallest absolute Gasteiger partial charge is 0.0343 e. The van der Waals surface area contributed by atoms with Crippen LogP contribution >= 0.6 is 0 Å². The van der Waals surface area contributed by atoms with Crippen LogP contribution in [0.1, 0.15) is 50.2 Å². The monoisotopic (exact) mass is 262 g/mol. The lowest BCUT2D eigenvalue weighted by Gasteiger charge is -2.09. The minimum atomic E-state index is 1.05. The van der Waals surface area contributed by atoms with Crippen molar-refractivity contribution < 1.29 is 0 Å². The van der Waals surface area contributed by atoms with E-state index in [9.17, 15) is 0 Å². The summed E-state index contributed by atoms with van der Waals surface area (Å²) < 4.78 is 0. The second-order valence-electron chi connectivity index (χ2n) is 5.39. The fourth-order valence-electron chi connectivity index (χ4n) is 2.10. The van der Waals surface area contributed by atoms with Crippen LogP contribution in [0, 0.1) is 13.8 Å². The molecule has 0 spiro atoms. The summed E-state index contributed by atoms with van der Waals surface area (Å²) in [7, 11) is 0. The van der Waals surface area contributed by atoms with Crippen LogP contribution in [-0.4, -0.2) is 19.6 Å². The first-order chi connectivity index (χ1) is 9.24. The van der Waals surface area contributed by atoms with Gasteiger partial charge < -0.3 is 10.6 Å². The van der Waals surface area contributed by atoms with Gasteiger partial charge in [-0.05, 0) is 63.0 Å². The Bertz CT molecular complexity index is 347. The SMILES string of the molecule is CCCCCCNCCCNc1ccc(C)c(C)c1. The Morgan fingerprint density at radius 2 is 1.63 bits per heavy atom. The van der Waals surface area contributed by atoms with Gasteiger partial charge in [0, 0.05) is 12.2 Å². The predicted molar refractivity (Wildman–Crippen MR) is 86.0 cm³/mol. The largest absolute Gasteiger partial charge is 0.385 e. The maximum Gasteiger partial charge on any atom is 0.0343 e. The van der Waals surface area contributed by atoms with Crippen LogP contribution in [0.3, 0.4) is 0 Å². The zero-order valence-electron chi connectivity index (χ0n) is 12.9. The Hall–Kier alpha value is -1.02. The van der Waals surface area contributed by atoms with E-state index in [0.717, 1.165) is 13.1 Å². The first kappa shape index (κ1) is 16.0. The molecule has 0 aliphatic heterocycles. The van der Waals surface area contributed by atoms with Crippen molar-refractivity contribution in [1.29, 1.82) is 0 Å². The van der Waals surface area contributed by atoms with Crippen molar-refractivity contribution >= 4 is 5.69 Å². The second-order valence-corrected chi connectivity index (χ2v) is 5.39. The molecular formula is C17H30N2. The van der Waals surface area contributed by atoms with Crippen molar-refractivity contribution in [2.75, 3.05) is 25.0 Å². The summed E-state index contributed by atoms with van der Waals surface area (Å²) in [5, 5.41) is 6.99. The van der Waals surface area contributed by atoms with Gasteiger partial charge in [-0.25, -0.2) is 0 Å². The van der Waals surface area contributed by atoms with Gasteiger partial charge in [0.2, 0.25) is 0 Å². The molecule has 0 fully saturated rings. The van der Waals surface area contributed by atoms with Crippen LogP contribution < -0.4 is 10.6 Å². The van der Waals surface area contributed by atoms with Crippen molar-refractivity contribution in [3.63, 3.8) is 0 Å². The molecule has 0 unspecified atom stereocenters. The molecule has 0 saturated heterocycles. The van der Waals surface area contributed by atoms with Crippen molar-refractivity contribution in [2.45, 2.75) is 52.9 Å². The van der Waals surface area contributed by atoms with Gasteiger partial charge in [-0.15, -0.1) is 0 Å². The first-order valence-electron chi connectivity index (χ1n) is 7.76. The second kappa shape index (κ2) is 9.85. The molecular weight excluding hydrogens is 232 g/mol. The number of rotatable bonds is 10. The molecule has 19 heavy (non-hydrogen) atoms. The summed E-state index contributed by atoms with van der Waals surface area (Å²) >= 11 is 0. The number of nitrogens with one attached hydrogen (secondary N) is 2. The van der Waals surface area contributed by atoms with Gasteiger partial charge in [0.15, 0.2) is 0 Å². The molecule has 0 bridgehead atoms. The highest BCUT2D eigenvalue weighted by Crippen LogP contribution is 2.13. The van der Waals surface area contributed by atoms with Crippen LogP contribution in [0.2, 0.25) is 0 Å². The Morgan fingerprint density at radius 3 is 2.37 bits per heavy atom. The van der Waals surface area contributed by atoms with E-state index in [1.807, 2.05) is 0 Å². The highest BCUT2D eigenvalue weighted by atomic mass is 14.9. The molecule has 0 heterocycles. The van der Waals surface area contributed by atoms with E-state index in [-0.39, 0.29) is 0 Å². The minimum Gasteiger partial charge on any atom is -0.385 e. The topological polar surface area (TPSA) is 24.1 Å². The number of unbranched alkanes of at least 4 members (excludes halogenated alkanes) is 3. The third kappa shape index (κ3) is 7.22. The molecule has 0 saturated carbocycles. The van der Waals surface area contributed by atoms with E-state index in [2.05, 4.69) is 49.6 Å². The molecule has 0 aliphatic rings. The number of aryl methyl sites for hydroxylation is 2. The summed E-state index contributed by atoms with van der Waals surface area (Å²) in [5.74, 6) is 0. The molecule has 0 radical (unpaired) electrons. The average molecular weight is 262 g/mol. The Labute approximate surface area is 119 Å². The van der Waals surface area contributed by atoms with E-state index < -0.39 is 0 Å². The zero-order chi connectivity index (χ0) is 13.9. The Balaban J connectivity index is 2.00. The third-order valence-corrected chi connectivity index (χ3v) is 3.57.